The maximum absolute atomic E-state index is 14.2. The number of ether oxygens (including phenoxy) is 1. The maximum Gasteiger partial charge on any atom is 0.408 e. The van der Waals surface area contributed by atoms with Crippen LogP contribution < -0.4 is 16.4 Å². The molecule has 2 aromatic carbocycles. The van der Waals surface area contributed by atoms with Gasteiger partial charge in [-0.2, -0.15) is 0 Å². The quantitative estimate of drug-likeness (QED) is 0.353. The van der Waals surface area contributed by atoms with Crippen molar-refractivity contribution in [2.24, 2.45) is 5.73 Å². The van der Waals surface area contributed by atoms with Crippen molar-refractivity contribution >= 4 is 41.1 Å². The predicted octanol–water partition coefficient (Wildman–Crippen LogP) is 5.34. The highest BCUT2D eigenvalue weighted by Gasteiger charge is 2.40. The normalized spacial score (nSPS) is 13.5. The summed E-state index contributed by atoms with van der Waals surface area (Å²) in [7, 11) is 0. The number of rotatable bonds is 10. The second-order valence-electron chi connectivity index (χ2n) is 11.1. The number of nitrogens with one attached hydrogen (secondary N) is 2. The number of aryl methyl sites for hydroxylation is 3. The van der Waals surface area contributed by atoms with Gasteiger partial charge in [-0.1, -0.05) is 54.4 Å². The molecule has 0 bridgehead atoms. The number of nitrogens with zero attached hydrogens (tertiary/aromatic N) is 1. The first-order valence-corrected chi connectivity index (χ1v) is 13.7. The number of benzene rings is 2. The molecule has 4 N–H and O–H groups in total. The lowest BCUT2D eigenvalue weighted by Crippen LogP contribution is -2.55. The lowest BCUT2D eigenvalue weighted by atomic mass is 9.94. The van der Waals surface area contributed by atoms with Gasteiger partial charge in [-0.15, -0.1) is 0 Å². The minimum atomic E-state index is -1.36. The van der Waals surface area contributed by atoms with Crippen LogP contribution in [0.3, 0.4) is 0 Å². The number of amides is 4. The number of primary amides is 1. The van der Waals surface area contributed by atoms with Crippen molar-refractivity contribution in [3.63, 3.8) is 0 Å². The van der Waals surface area contributed by atoms with E-state index in [4.69, 9.17) is 22.1 Å². The Kier molecular flexibility index (Phi) is 11.1. The number of nitrogens with two attached hydrogens (primary N) is 1. The summed E-state index contributed by atoms with van der Waals surface area (Å²) in [5, 5.41) is 5.77. The molecule has 218 valence electrons. The first kappa shape index (κ1) is 32.6. The highest BCUT2D eigenvalue weighted by molar-refractivity contribution is 6.34. The van der Waals surface area contributed by atoms with Crippen LogP contribution in [0.4, 0.5) is 10.5 Å². The number of halogens is 1. The van der Waals surface area contributed by atoms with E-state index in [-0.39, 0.29) is 0 Å². The molecule has 0 aliphatic rings. The number of para-hydroxylation sites is 1. The van der Waals surface area contributed by atoms with Gasteiger partial charge in [0, 0.05) is 6.04 Å². The zero-order valence-corrected chi connectivity index (χ0v) is 25.3. The van der Waals surface area contributed by atoms with Gasteiger partial charge in [-0.25, -0.2) is 4.79 Å². The summed E-state index contributed by atoms with van der Waals surface area (Å²) in [6.07, 6.45) is -0.868. The van der Waals surface area contributed by atoms with Crippen LogP contribution in [0, 0.1) is 20.8 Å². The number of anilines is 1. The summed E-state index contributed by atoms with van der Waals surface area (Å²) in [5.74, 6) is -1.93. The molecule has 0 aromatic heterocycles. The third-order valence-electron chi connectivity index (χ3n) is 6.43. The van der Waals surface area contributed by atoms with E-state index in [1.807, 2.05) is 45.9 Å². The van der Waals surface area contributed by atoms with E-state index < -0.39 is 54.0 Å². The topological polar surface area (TPSA) is 131 Å². The minimum Gasteiger partial charge on any atom is -0.444 e. The second kappa shape index (κ2) is 13.7. The Morgan fingerprint density at radius 1 is 1.05 bits per heavy atom. The monoisotopic (exact) mass is 572 g/mol. The van der Waals surface area contributed by atoms with Crippen LogP contribution in [-0.4, -0.2) is 46.4 Å². The zero-order chi connectivity index (χ0) is 30.4. The molecule has 40 heavy (non-hydrogen) atoms. The van der Waals surface area contributed by atoms with E-state index in [0.29, 0.717) is 22.7 Å². The average Bonchev–Trinajstić information content (AvgIpc) is 2.82. The van der Waals surface area contributed by atoms with Gasteiger partial charge in [0.05, 0.1) is 17.1 Å². The minimum absolute atomic E-state index is 0.354. The number of hydrogen-bond acceptors (Lipinski definition) is 5. The van der Waals surface area contributed by atoms with Gasteiger partial charge in [0.1, 0.15) is 17.7 Å². The van der Waals surface area contributed by atoms with Crippen molar-refractivity contribution in [2.75, 3.05) is 5.32 Å². The van der Waals surface area contributed by atoms with Crippen molar-refractivity contribution in [3.05, 3.63) is 63.7 Å². The van der Waals surface area contributed by atoms with E-state index in [1.165, 1.54) is 4.90 Å². The van der Waals surface area contributed by atoms with Crippen LogP contribution >= 0.6 is 11.6 Å². The van der Waals surface area contributed by atoms with Crippen molar-refractivity contribution in [1.29, 1.82) is 0 Å². The molecule has 9 nitrogen and oxygen atoms in total. The Morgan fingerprint density at radius 2 is 1.70 bits per heavy atom. The Bertz CT molecular complexity index is 1240. The van der Waals surface area contributed by atoms with Gasteiger partial charge >= 0.3 is 6.09 Å². The number of hydrogen-bond donors (Lipinski definition) is 3. The van der Waals surface area contributed by atoms with Crippen molar-refractivity contribution in [3.8, 4) is 0 Å². The summed E-state index contributed by atoms with van der Waals surface area (Å²) < 4.78 is 5.33. The molecule has 0 aliphatic heterocycles. The molecule has 0 saturated carbocycles. The van der Waals surface area contributed by atoms with Crippen molar-refractivity contribution in [1.82, 2.24) is 10.2 Å². The standard InChI is InChI=1S/C30H41ClN4O5/c1-9-20(5)35(28(38)23(16-24(32)36)33-29(39)40-30(6,7)8)26(21-14-13-17(2)15-19(21)4)27(37)34-25-18(3)11-10-12-22(25)31/h10-15,20,23,26H,9,16H2,1-8H3,(H2,32,36)(H,33,39)(H,34,37). The molecular weight excluding hydrogens is 532 g/mol. The van der Waals surface area contributed by atoms with Gasteiger partial charge in [-0.3, -0.25) is 14.4 Å². The van der Waals surface area contributed by atoms with E-state index in [2.05, 4.69) is 10.6 Å². The predicted molar refractivity (Wildman–Crippen MR) is 157 cm³/mol. The van der Waals surface area contributed by atoms with Gasteiger partial charge in [0.2, 0.25) is 11.8 Å². The lowest BCUT2D eigenvalue weighted by molar-refractivity contribution is -0.144. The van der Waals surface area contributed by atoms with Crippen LogP contribution in [0.5, 0.6) is 0 Å². The Balaban J connectivity index is 2.67. The molecule has 2 aromatic rings. The molecular formula is C30H41ClN4O5. The van der Waals surface area contributed by atoms with Crippen LogP contribution in [0.2, 0.25) is 5.02 Å². The molecule has 4 amide bonds. The highest BCUT2D eigenvalue weighted by atomic mass is 35.5. The van der Waals surface area contributed by atoms with E-state index >= 15 is 0 Å². The molecule has 0 saturated heterocycles. The van der Waals surface area contributed by atoms with Crippen LogP contribution in [0.25, 0.3) is 0 Å². The van der Waals surface area contributed by atoms with Gasteiger partial charge in [0.15, 0.2) is 0 Å². The van der Waals surface area contributed by atoms with Gasteiger partial charge in [0.25, 0.3) is 5.91 Å². The SMILES string of the molecule is CCC(C)N(C(=O)C(CC(N)=O)NC(=O)OC(C)(C)C)C(C(=O)Nc1c(C)cccc1Cl)c1ccc(C)cc1C. The summed E-state index contributed by atoms with van der Waals surface area (Å²) >= 11 is 6.42. The molecule has 0 fully saturated rings. The summed E-state index contributed by atoms with van der Waals surface area (Å²) in [6.45, 7) is 14.3. The Morgan fingerprint density at radius 3 is 2.23 bits per heavy atom. The highest BCUT2D eigenvalue weighted by Crippen LogP contribution is 2.32. The van der Waals surface area contributed by atoms with Gasteiger partial charge in [-0.05, 0) is 77.6 Å². The molecule has 0 spiro atoms. The third-order valence-corrected chi connectivity index (χ3v) is 6.75. The fourth-order valence-electron chi connectivity index (χ4n) is 4.36. The van der Waals surface area contributed by atoms with Crippen molar-refractivity contribution < 1.29 is 23.9 Å². The fourth-order valence-corrected chi connectivity index (χ4v) is 4.63. The van der Waals surface area contributed by atoms with Crippen LogP contribution in [0.15, 0.2) is 36.4 Å². The number of carbonyl (C=O) groups excluding carboxylic acids is 4. The maximum atomic E-state index is 14.2. The summed E-state index contributed by atoms with van der Waals surface area (Å²) in [6, 6.07) is 7.92. The third kappa shape index (κ3) is 8.71. The number of alkyl carbamates (subject to hydrolysis) is 1. The fraction of sp³-hybridized carbons (Fsp3) is 0.467. The Labute approximate surface area is 241 Å². The Hall–Kier alpha value is -3.59. The summed E-state index contributed by atoms with van der Waals surface area (Å²) in [4.78, 5) is 54.4. The smallest absolute Gasteiger partial charge is 0.408 e. The molecule has 2 rings (SSSR count). The molecule has 0 aliphatic carbocycles. The zero-order valence-electron chi connectivity index (χ0n) is 24.6. The van der Waals surface area contributed by atoms with Crippen LogP contribution in [-0.2, 0) is 19.1 Å². The molecule has 10 heteroatoms. The van der Waals surface area contributed by atoms with E-state index in [0.717, 1.165) is 16.7 Å². The summed E-state index contributed by atoms with van der Waals surface area (Å²) in [5.41, 5.74) is 8.19. The first-order valence-electron chi connectivity index (χ1n) is 13.3. The molecule has 3 unspecified atom stereocenters. The molecule has 3 atom stereocenters. The van der Waals surface area contributed by atoms with Crippen LogP contribution in [0.1, 0.15) is 75.8 Å². The van der Waals surface area contributed by atoms with Crippen molar-refractivity contribution in [2.45, 2.75) is 92.0 Å². The lowest BCUT2D eigenvalue weighted by Gasteiger charge is -2.38. The molecule has 0 heterocycles. The van der Waals surface area contributed by atoms with E-state index in [9.17, 15) is 19.2 Å². The second-order valence-corrected chi connectivity index (χ2v) is 11.5. The average molecular weight is 573 g/mol. The molecule has 0 radical (unpaired) electrons. The largest absolute Gasteiger partial charge is 0.444 e. The van der Waals surface area contributed by atoms with E-state index in [1.54, 1.807) is 45.9 Å². The van der Waals surface area contributed by atoms with Gasteiger partial charge < -0.3 is 26.0 Å². The first-order chi connectivity index (χ1) is 18.5. The number of carbonyl (C=O) groups is 4.